The summed E-state index contributed by atoms with van der Waals surface area (Å²) in [7, 11) is 0. The molecule has 2 aromatic rings. The number of hydrogen-bond donors (Lipinski definition) is 8. The second kappa shape index (κ2) is 16.0. The van der Waals surface area contributed by atoms with Gasteiger partial charge in [0.1, 0.15) is 29.6 Å². The molecular formula is C29H38N4O9. The number of carboxylic acid groups (broad SMARTS) is 2. The zero-order chi connectivity index (χ0) is 31.4. The number of carboxylic acids is 2. The van der Waals surface area contributed by atoms with Crippen molar-refractivity contribution in [1.29, 1.82) is 0 Å². The monoisotopic (exact) mass is 586 g/mol. The number of aliphatic carboxylic acids is 2. The zero-order valence-corrected chi connectivity index (χ0v) is 23.4. The van der Waals surface area contributed by atoms with Gasteiger partial charge in [-0.15, -0.1) is 0 Å². The van der Waals surface area contributed by atoms with E-state index < -0.39 is 59.7 Å². The van der Waals surface area contributed by atoms with Crippen molar-refractivity contribution in [3.05, 3.63) is 59.7 Å². The van der Waals surface area contributed by atoms with E-state index in [-0.39, 0.29) is 37.2 Å². The Morgan fingerprint density at radius 2 is 1.21 bits per heavy atom. The minimum atomic E-state index is -1.36. The number of aromatic hydroxyl groups is 2. The number of carbonyl (C=O) groups is 5. The number of nitrogens with one attached hydrogen (secondary N) is 3. The van der Waals surface area contributed by atoms with Gasteiger partial charge in [-0.25, -0.2) is 4.79 Å². The number of benzene rings is 2. The van der Waals surface area contributed by atoms with Crippen LogP contribution in [0.2, 0.25) is 0 Å². The third kappa shape index (κ3) is 10.7. The van der Waals surface area contributed by atoms with Gasteiger partial charge in [-0.1, -0.05) is 44.5 Å². The Hall–Kier alpha value is -4.65. The third-order valence-electron chi connectivity index (χ3n) is 6.80. The van der Waals surface area contributed by atoms with Crippen molar-refractivity contribution in [2.45, 2.75) is 70.1 Å². The number of carbonyl (C=O) groups excluding carboxylic acids is 3. The summed E-state index contributed by atoms with van der Waals surface area (Å²) < 4.78 is 0. The fraction of sp³-hybridized carbons (Fsp3) is 0.414. The van der Waals surface area contributed by atoms with Crippen LogP contribution in [0.5, 0.6) is 11.5 Å². The first-order chi connectivity index (χ1) is 19.8. The van der Waals surface area contributed by atoms with Crippen molar-refractivity contribution in [3.8, 4) is 11.5 Å². The van der Waals surface area contributed by atoms with Gasteiger partial charge in [0.15, 0.2) is 0 Å². The minimum absolute atomic E-state index is 0.00266. The molecule has 0 aromatic heterocycles. The predicted octanol–water partition coefficient (Wildman–Crippen LogP) is 0.660. The normalized spacial score (nSPS) is 14.5. The summed E-state index contributed by atoms with van der Waals surface area (Å²) in [6.07, 6.45) is -0.174. The lowest BCUT2D eigenvalue weighted by atomic mass is 9.96. The van der Waals surface area contributed by atoms with Crippen LogP contribution in [0.4, 0.5) is 0 Å². The first-order valence-electron chi connectivity index (χ1n) is 13.5. The highest BCUT2D eigenvalue weighted by atomic mass is 16.4. The largest absolute Gasteiger partial charge is 0.508 e. The molecule has 0 saturated carbocycles. The van der Waals surface area contributed by atoms with E-state index >= 15 is 0 Å². The van der Waals surface area contributed by atoms with Crippen molar-refractivity contribution in [1.82, 2.24) is 16.0 Å². The van der Waals surface area contributed by atoms with Crippen LogP contribution < -0.4 is 21.7 Å². The van der Waals surface area contributed by atoms with Gasteiger partial charge in [-0.05, 0) is 47.7 Å². The standard InChI is InChI=1S/C29H38N4O9/c1-3-16(2)25(33-26(38)21(30)12-13-24(36)37)28(40)31-22(14-17-4-8-19(34)9-5-17)27(39)32-23(29(41)42)15-18-6-10-20(35)11-7-18/h4-11,16,21-23,25,34-35H,3,12-15,30H2,1-2H3,(H,31,40)(H,32,39)(H,33,38)(H,36,37)(H,41,42). The highest BCUT2D eigenvalue weighted by Gasteiger charge is 2.32. The van der Waals surface area contributed by atoms with Crippen molar-refractivity contribution in [2.24, 2.45) is 11.7 Å². The van der Waals surface area contributed by atoms with Gasteiger partial charge in [0, 0.05) is 19.3 Å². The Morgan fingerprint density at radius 3 is 1.67 bits per heavy atom. The number of hydrogen-bond acceptors (Lipinski definition) is 8. The lowest BCUT2D eigenvalue weighted by molar-refractivity contribution is -0.142. The molecule has 0 aliphatic carbocycles. The molecule has 0 radical (unpaired) electrons. The minimum Gasteiger partial charge on any atom is -0.508 e. The molecule has 228 valence electrons. The summed E-state index contributed by atoms with van der Waals surface area (Å²) in [5.41, 5.74) is 6.91. The molecule has 9 N–H and O–H groups in total. The Morgan fingerprint density at radius 1 is 0.738 bits per heavy atom. The third-order valence-corrected chi connectivity index (χ3v) is 6.80. The fourth-order valence-corrected chi connectivity index (χ4v) is 4.05. The molecule has 3 amide bonds. The molecule has 0 heterocycles. The van der Waals surface area contributed by atoms with Crippen LogP contribution in [0.15, 0.2) is 48.5 Å². The Bertz CT molecular complexity index is 1230. The van der Waals surface area contributed by atoms with Gasteiger partial charge >= 0.3 is 11.9 Å². The van der Waals surface area contributed by atoms with E-state index in [4.69, 9.17) is 10.8 Å². The van der Waals surface area contributed by atoms with Crippen molar-refractivity contribution in [3.63, 3.8) is 0 Å². The van der Waals surface area contributed by atoms with E-state index in [9.17, 15) is 39.3 Å². The summed E-state index contributed by atoms with van der Waals surface area (Å²) in [5.74, 6) is -5.09. The molecule has 2 aromatic carbocycles. The first-order valence-corrected chi connectivity index (χ1v) is 13.5. The van der Waals surface area contributed by atoms with E-state index in [2.05, 4.69) is 16.0 Å². The van der Waals surface area contributed by atoms with E-state index in [0.29, 0.717) is 17.5 Å². The predicted molar refractivity (Wildman–Crippen MR) is 151 cm³/mol. The molecule has 0 aliphatic heterocycles. The van der Waals surface area contributed by atoms with Crippen LogP contribution in [0.1, 0.15) is 44.2 Å². The highest BCUT2D eigenvalue weighted by Crippen LogP contribution is 2.15. The molecule has 42 heavy (non-hydrogen) atoms. The van der Waals surface area contributed by atoms with E-state index in [0.717, 1.165) is 0 Å². The van der Waals surface area contributed by atoms with Crippen LogP contribution in [-0.4, -0.2) is 74.3 Å². The maximum atomic E-state index is 13.4. The Labute approximate surface area is 243 Å². The van der Waals surface area contributed by atoms with Crippen molar-refractivity contribution < 1.29 is 44.4 Å². The van der Waals surface area contributed by atoms with Crippen LogP contribution >= 0.6 is 0 Å². The Kier molecular flexibility index (Phi) is 12.8. The van der Waals surface area contributed by atoms with Gasteiger partial charge in [-0.2, -0.15) is 0 Å². The smallest absolute Gasteiger partial charge is 0.326 e. The Balaban J connectivity index is 2.27. The molecule has 0 saturated heterocycles. The molecule has 13 nitrogen and oxygen atoms in total. The summed E-state index contributed by atoms with van der Waals surface area (Å²) in [6, 6.07) is 6.78. The second-order valence-corrected chi connectivity index (χ2v) is 10.1. The quantitative estimate of drug-likeness (QED) is 0.137. The first kappa shape index (κ1) is 33.6. The van der Waals surface area contributed by atoms with Gasteiger partial charge in [0.05, 0.1) is 6.04 Å². The lowest BCUT2D eigenvalue weighted by Crippen LogP contribution is -2.59. The number of phenols is 2. The molecular weight excluding hydrogens is 548 g/mol. The van der Waals surface area contributed by atoms with Crippen LogP contribution in [0.25, 0.3) is 0 Å². The number of phenolic OH excluding ortho intramolecular Hbond substituents is 2. The van der Waals surface area contributed by atoms with Crippen LogP contribution in [-0.2, 0) is 36.8 Å². The molecule has 0 bridgehead atoms. The van der Waals surface area contributed by atoms with Gasteiger partial charge in [0.2, 0.25) is 17.7 Å². The van der Waals surface area contributed by atoms with Crippen molar-refractivity contribution in [2.75, 3.05) is 0 Å². The summed E-state index contributed by atoms with van der Waals surface area (Å²) in [5, 5.41) is 45.4. The second-order valence-electron chi connectivity index (χ2n) is 10.1. The highest BCUT2D eigenvalue weighted by molar-refractivity contribution is 5.94. The summed E-state index contributed by atoms with van der Waals surface area (Å²) >= 11 is 0. The maximum Gasteiger partial charge on any atom is 0.326 e. The average molecular weight is 587 g/mol. The van der Waals surface area contributed by atoms with Gasteiger partial charge < -0.3 is 42.1 Å². The molecule has 0 spiro atoms. The topological polar surface area (TPSA) is 228 Å². The molecule has 2 rings (SSSR count). The SMILES string of the molecule is CCC(C)C(NC(=O)C(N)CCC(=O)O)C(=O)NC(Cc1ccc(O)cc1)C(=O)NC(Cc1ccc(O)cc1)C(=O)O. The lowest BCUT2D eigenvalue weighted by Gasteiger charge is -2.28. The van der Waals surface area contributed by atoms with E-state index in [1.165, 1.54) is 36.4 Å². The molecule has 13 heteroatoms. The molecule has 5 atom stereocenters. The van der Waals surface area contributed by atoms with E-state index in [1.54, 1.807) is 26.0 Å². The number of nitrogens with two attached hydrogens (primary N) is 1. The molecule has 0 aliphatic rings. The van der Waals surface area contributed by atoms with Crippen LogP contribution in [0.3, 0.4) is 0 Å². The number of amides is 3. The number of rotatable bonds is 16. The van der Waals surface area contributed by atoms with Crippen molar-refractivity contribution >= 4 is 29.7 Å². The summed E-state index contributed by atoms with van der Waals surface area (Å²) in [4.78, 5) is 62.4. The zero-order valence-electron chi connectivity index (χ0n) is 23.4. The van der Waals surface area contributed by atoms with Gasteiger partial charge in [0.25, 0.3) is 0 Å². The van der Waals surface area contributed by atoms with Gasteiger partial charge in [-0.3, -0.25) is 19.2 Å². The average Bonchev–Trinajstić information content (AvgIpc) is 2.95. The van der Waals surface area contributed by atoms with Crippen LogP contribution in [0, 0.1) is 5.92 Å². The maximum absolute atomic E-state index is 13.4. The molecule has 5 unspecified atom stereocenters. The van der Waals surface area contributed by atoms with E-state index in [1.807, 2.05) is 0 Å². The fourth-order valence-electron chi connectivity index (χ4n) is 4.05. The molecule has 0 fully saturated rings. The summed E-state index contributed by atoms with van der Waals surface area (Å²) in [6.45, 7) is 3.50.